The number of likely N-dealkylation sites (N-methyl/N-ethyl adjacent to an activating group) is 1. The molecule has 132 valence electrons. The molecule has 5 nitrogen and oxygen atoms in total. The highest BCUT2D eigenvalue weighted by Gasteiger charge is 2.15. The van der Waals surface area contributed by atoms with Gasteiger partial charge in [0.1, 0.15) is 0 Å². The number of carbonyl (C=O) groups excluding carboxylic acids is 1. The van der Waals surface area contributed by atoms with E-state index in [-0.39, 0.29) is 43.2 Å². The van der Waals surface area contributed by atoms with Crippen LogP contribution in [0.4, 0.5) is 5.69 Å². The van der Waals surface area contributed by atoms with Gasteiger partial charge < -0.3 is 16.0 Å². The van der Waals surface area contributed by atoms with Crippen molar-refractivity contribution in [3.8, 4) is 0 Å². The van der Waals surface area contributed by atoms with Crippen molar-refractivity contribution in [2.24, 2.45) is 0 Å². The Labute approximate surface area is 155 Å². The second-order valence-corrected chi connectivity index (χ2v) is 5.55. The molecule has 7 heteroatoms. The Hall–Kier alpha value is -1.82. The first-order valence-electron chi connectivity index (χ1n) is 7.24. The molecule has 2 aromatic rings. The Morgan fingerprint density at radius 2 is 1.83 bits per heavy atom. The third kappa shape index (κ3) is 7.17. The average Bonchev–Trinajstić information content (AvgIpc) is 2.49. The maximum Gasteiger partial charge on any atom is 0.226 e. The third-order valence-electron chi connectivity index (χ3n) is 3.27. The van der Waals surface area contributed by atoms with Gasteiger partial charge >= 0.3 is 0 Å². The summed E-state index contributed by atoms with van der Waals surface area (Å²) >= 11 is 0. The lowest BCUT2D eigenvalue weighted by Crippen LogP contribution is -2.36. The highest BCUT2D eigenvalue weighted by Crippen LogP contribution is 2.13. The maximum atomic E-state index is 12.3. The van der Waals surface area contributed by atoms with Crippen LogP contribution in [0, 0.1) is 0 Å². The van der Waals surface area contributed by atoms with Crippen LogP contribution in [-0.4, -0.2) is 36.4 Å². The van der Waals surface area contributed by atoms with E-state index < -0.39 is 0 Å². The number of nitrogens with zero attached hydrogens (tertiary/aromatic N) is 2. The third-order valence-corrected chi connectivity index (χ3v) is 3.27. The lowest BCUT2D eigenvalue weighted by molar-refractivity contribution is -0.121. The Balaban J connectivity index is 0.00000264. The molecule has 1 amide bonds. The van der Waals surface area contributed by atoms with Gasteiger partial charge in [0.05, 0.1) is 24.3 Å². The minimum atomic E-state index is -0.0482. The van der Waals surface area contributed by atoms with Crippen LogP contribution in [0.1, 0.15) is 17.3 Å². The van der Waals surface area contributed by atoms with Crippen LogP contribution >= 0.6 is 24.8 Å². The Morgan fingerprint density at radius 1 is 1.17 bits per heavy atom. The number of nitrogen functional groups attached to an aromatic ring is 1. The molecular weight excluding hydrogens is 347 g/mol. The summed E-state index contributed by atoms with van der Waals surface area (Å²) in [6, 6.07) is 13.5. The zero-order valence-corrected chi connectivity index (χ0v) is 15.4. The van der Waals surface area contributed by atoms with Crippen molar-refractivity contribution in [1.29, 1.82) is 0 Å². The van der Waals surface area contributed by atoms with Crippen molar-refractivity contribution < 1.29 is 4.79 Å². The molecule has 2 rings (SSSR count). The molecule has 0 fully saturated rings. The number of hydrogen-bond acceptors (Lipinski definition) is 4. The van der Waals surface area contributed by atoms with Crippen molar-refractivity contribution in [1.82, 2.24) is 15.2 Å². The summed E-state index contributed by atoms with van der Waals surface area (Å²) in [5.41, 5.74) is 8.00. The maximum absolute atomic E-state index is 12.3. The van der Waals surface area contributed by atoms with Gasteiger partial charge in [0.2, 0.25) is 5.91 Å². The fraction of sp³-hybridized carbons (Fsp3) is 0.294. The van der Waals surface area contributed by atoms with Gasteiger partial charge in [-0.1, -0.05) is 30.3 Å². The first-order valence-corrected chi connectivity index (χ1v) is 7.24. The smallest absolute Gasteiger partial charge is 0.226 e. The van der Waals surface area contributed by atoms with E-state index in [0.29, 0.717) is 11.4 Å². The van der Waals surface area contributed by atoms with Crippen molar-refractivity contribution in [2.45, 2.75) is 12.5 Å². The van der Waals surface area contributed by atoms with Gasteiger partial charge in [-0.3, -0.25) is 9.78 Å². The summed E-state index contributed by atoms with van der Waals surface area (Å²) in [5.74, 6) is -0.0482. The van der Waals surface area contributed by atoms with Crippen molar-refractivity contribution in [3.05, 3.63) is 59.9 Å². The van der Waals surface area contributed by atoms with E-state index in [1.165, 1.54) is 0 Å². The molecule has 0 aliphatic rings. The zero-order valence-electron chi connectivity index (χ0n) is 13.8. The van der Waals surface area contributed by atoms with E-state index in [9.17, 15) is 4.79 Å². The number of nitrogens with one attached hydrogen (secondary N) is 1. The minimum Gasteiger partial charge on any atom is -0.397 e. The predicted molar refractivity (Wildman–Crippen MR) is 103 cm³/mol. The molecule has 1 unspecified atom stereocenters. The molecule has 3 N–H and O–H groups in total. The number of benzene rings is 1. The second kappa shape index (κ2) is 10.9. The lowest BCUT2D eigenvalue weighted by atomic mass is 10.1. The number of aromatic nitrogens is 1. The Morgan fingerprint density at radius 3 is 2.38 bits per heavy atom. The topological polar surface area (TPSA) is 71.2 Å². The van der Waals surface area contributed by atoms with E-state index in [2.05, 4.69) is 15.2 Å². The predicted octanol–water partition coefficient (Wildman–Crippen LogP) is 2.47. The summed E-state index contributed by atoms with van der Waals surface area (Å²) in [7, 11) is 3.98. The monoisotopic (exact) mass is 370 g/mol. The zero-order chi connectivity index (χ0) is 15.9. The van der Waals surface area contributed by atoms with E-state index >= 15 is 0 Å². The number of hydrogen-bond donors (Lipinski definition) is 2. The molecule has 0 bridgehead atoms. The number of amides is 1. The molecule has 1 atom stereocenters. The van der Waals surface area contributed by atoms with Gasteiger partial charge in [-0.25, -0.2) is 0 Å². The van der Waals surface area contributed by atoms with Crippen LogP contribution < -0.4 is 11.1 Å². The number of pyridine rings is 1. The number of nitrogens with two attached hydrogens (primary N) is 1. The lowest BCUT2D eigenvalue weighted by Gasteiger charge is -2.22. The number of carbonyl (C=O) groups is 1. The molecule has 0 radical (unpaired) electrons. The van der Waals surface area contributed by atoms with Crippen LogP contribution in [0.2, 0.25) is 0 Å². The minimum absolute atomic E-state index is 0. The van der Waals surface area contributed by atoms with Crippen molar-refractivity contribution in [2.75, 3.05) is 26.4 Å². The number of halogens is 2. The first kappa shape index (κ1) is 22.2. The van der Waals surface area contributed by atoms with Crippen molar-refractivity contribution >= 4 is 36.4 Å². The van der Waals surface area contributed by atoms with Gasteiger partial charge in [0.15, 0.2) is 0 Å². The Bertz CT molecular complexity index is 606. The summed E-state index contributed by atoms with van der Waals surface area (Å²) in [6.07, 6.45) is 1.81. The summed E-state index contributed by atoms with van der Waals surface area (Å²) in [6.45, 7) is 0.741. The summed E-state index contributed by atoms with van der Waals surface area (Å²) in [5, 5.41) is 3.08. The van der Waals surface area contributed by atoms with Gasteiger partial charge in [-0.15, -0.1) is 24.8 Å². The van der Waals surface area contributed by atoms with E-state index in [1.54, 1.807) is 18.3 Å². The van der Waals surface area contributed by atoms with Crippen LogP contribution in [0.15, 0.2) is 48.7 Å². The fourth-order valence-corrected chi connectivity index (χ4v) is 2.24. The van der Waals surface area contributed by atoms with Crippen molar-refractivity contribution in [3.63, 3.8) is 0 Å². The number of rotatable bonds is 6. The fourth-order valence-electron chi connectivity index (χ4n) is 2.24. The molecule has 0 aliphatic carbocycles. The highest BCUT2D eigenvalue weighted by molar-refractivity contribution is 5.85. The van der Waals surface area contributed by atoms with E-state index in [4.69, 9.17) is 5.73 Å². The molecule has 0 saturated heterocycles. The molecule has 1 aromatic heterocycles. The summed E-state index contributed by atoms with van der Waals surface area (Å²) in [4.78, 5) is 18.5. The molecule has 0 aliphatic heterocycles. The molecular formula is C17H24Cl2N4O. The molecule has 0 saturated carbocycles. The summed E-state index contributed by atoms with van der Waals surface area (Å²) < 4.78 is 0. The molecule has 1 aromatic carbocycles. The standard InChI is InChI=1S/C17H22N4O.2ClH/c1-21(2)12-16(13-6-4-3-5-7-13)20-17(22)10-15-9-8-14(18)11-19-15;;/h3-9,11,16H,10,12,18H2,1-2H3,(H,20,22);2*1H. The normalized spacial score (nSPS) is 11.1. The molecule has 1 heterocycles. The van der Waals surface area contributed by atoms with Crippen LogP contribution in [0.25, 0.3) is 0 Å². The SMILES string of the molecule is CN(C)CC(NC(=O)Cc1ccc(N)cn1)c1ccccc1.Cl.Cl. The second-order valence-electron chi connectivity index (χ2n) is 5.55. The van der Waals surface area contributed by atoms with E-state index in [1.807, 2.05) is 44.4 Å². The molecule has 0 spiro atoms. The van der Waals surface area contributed by atoms with Gasteiger partial charge in [-0.05, 0) is 31.8 Å². The van der Waals surface area contributed by atoms with Gasteiger partial charge in [0.25, 0.3) is 0 Å². The number of anilines is 1. The largest absolute Gasteiger partial charge is 0.397 e. The van der Waals surface area contributed by atoms with E-state index in [0.717, 1.165) is 12.1 Å². The first-order chi connectivity index (χ1) is 10.5. The van der Waals surface area contributed by atoms with Crippen LogP contribution in [-0.2, 0) is 11.2 Å². The average molecular weight is 371 g/mol. The Kier molecular flexibility index (Phi) is 10.0. The van der Waals surface area contributed by atoms with Crippen LogP contribution in [0.5, 0.6) is 0 Å². The molecule has 24 heavy (non-hydrogen) atoms. The van der Waals surface area contributed by atoms with Gasteiger partial charge in [0, 0.05) is 12.2 Å². The highest BCUT2D eigenvalue weighted by atomic mass is 35.5. The van der Waals surface area contributed by atoms with Crippen LogP contribution in [0.3, 0.4) is 0 Å². The quantitative estimate of drug-likeness (QED) is 0.819. The van der Waals surface area contributed by atoms with Gasteiger partial charge in [-0.2, -0.15) is 0 Å².